The van der Waals surface area contributed by atoms with E-state index in [0.717, 1.165) is 31.3 Å². The fourth-order valence-corrected chi connectivity index (χ4v) is 2.03. The number of hydrogen-bond donors (Lipinski definition) is 0. The molecule has 0 bridgehead atoms. The third-order valence-corrected chi connectivity index (χ3v) is 2.57. The lowest BCUT2D eigenvalue weighted by atomic mass is 9.83. The quantitative estimate of drug-likeness (QED) is 0.616. The van der Waals surface area contributed by atoms with Gasteiger partial charge in [0.15, 0.2) is 5.78 Å². The first-order chi connectivity index (χ1) is 5.66. The van der Waals surface area contributed by atoms with Crippen molar-refractivity contribution >= 4 is 5.78 Å². The zero-order valence-electron chi connectivity index (χ0n) is 8.31. The Morgan fingerprint density at radius 2 is 2.00 bits per heavy atom. The minimum absolute atomic E-state index is 0.396. The monoisotopic (exact) mass is 166 g/mol. The lowest BCUT2D eigenvalue weighted by Gasteiger charge is -2.20. The molecule has 0 heterocycles. The van der Waals surface area contributed by atoms with Crippen LogP contribution in [0.2, 0.25) is 0 Å². The average Bonchev–Trinajstić information content (AvgIpc) is 2.03. The van der Waals surface area contributed by atoms with Crippen LogP contribution in [0.3, 0.4) is 0 Å². The first kappa shape index (κ1) is 9.50. The van der Waals surface area contributed by atoms with E-state index in [0.29, 0.717) is 11.7 Å². The minimum atomic E-state index is 0.396. The van der Waals surface area contributed by atoms with Gasteiger partial charge in [0, 0.05) is 6.42 Å². The lowest BCUT2D eigenvalue weighted by molar-refractivity contribution is -0.116. The van der Waals surface area contributed by atoms with Crippen LogP contribution in [0.1, 0.15) is 46.5 Å². The Hall–Kier alpha value is -0.590. The highest BCUT2D eigenvalue weighted by molar-refractivity contribution is 5.97. The van der Waals surface area contributed by atoms with Gasteiger partial charge in [0.2, 0.25) is 0 Å². The van der Waals surface area contributed by atoms with Crippen LogP contribution in [-0.2, 0) is 4.79 Å². The van der Waals surface area contributed by atoms with Crippen molar-refractivity contribution in [3.8, 4) is 0 Å². The Morgan fingerprint density at radius 1 is 1.33 bits per heavy atom. The van der Waals surface area contributed by atoms with Crippen LogP contribution in [0.4, 0.5) is 0 Å². The SMILES string of the molecule is CCC1=C(C(C)C)C(=O)CCC1. The molecule has 0 saturated heterocycles. The van der Waals surface area contributed by atoms with E-state index in [1.165, 1.54) is 5.57 Å². The van der Waals surface area contributed by atoms with Crippen molar-refractivity contribution in [2.75, 3.05) is 0 Å². The van der Waals surface area contributed by atoms with E-state index < -0.39 is 0 Å². The van der Waals surface area contributed by atoms with Gasteiger partial charge < -0.3 is 0 Å². The minimum Gasteiger partial charge on any atom is -0.295 e. The molecular formula is C11H18O. The number of ketones is 1. The molecule has 1 rings (SSSR count). The third kappa shape index (κ3) is 1.77. The predicted octanol–water partition coefficient (Wildman–Crippen LogP) is 3.10. The molecule has 0 N–H and O–H groups in total. The molecule has 0 aromatic rings. The van der Waals surface area contributed by atoms with Crippen molar-refractivity contribution in [3.05, 3.63) is 11.1 Å². The third-order valence-electron chi connectivity index (χ3n) is 2.57. The highest BCUT2D eigenvalue weighted by atomic mass is 16.1. The molecule has 0 fully saturated rings. The second-order valence-corrected chi connectivity index (χ2v) is 3.80. The van der Waals surface area contributed by atoms with Gasteiger partial charge in [-0.1, -0.05) is 26.3 Å². The summed E-state index contributed by atoms with van der Waals surface area (Å²) in [5.41, 5.74) is 2.53. The Kier molecular flexibility index (Phi) is 3.07. The van der Waals surface area contributed by atoms with Gasteiger partial charge in [-0.05, 0) is 30.8 Å². The molecule has 1 nitrogen and oxygen atoms in total. The van der Waals surface area contributed by atoms with Crippen LogP contribution < -0.4 is 0 Å². The van der Waals surface area contributed by atoms with Crippen molar-refractivity contribution in [3.63, 3.8) is 0 Å². The number of allylic oxidation sites excluding steroid dienone is 2. The van der Waals surface area contributed by atoms with E-state index in [1.54, 1.807) is 0 Å². The van der Waals surface area contributed by atoms with Gasteiger partial charge in [-0.25, -0.2) is 0 Å². The molecule has 1 aliphatic rings. The summed E-state index contributed by atoms with van der Waals surface area (Å²) in [5.74, 6) is 0.820. The molecule has 68 valence electrons. The van der Waals surface area contributed by atoms with Crippen LogP contribution >= 0.6 is 0 Å². The molecule has 0 aromatic carbocycles. The van der Waals surface area contributed by atoms with Gasteiger partial charge in [0.05, 0.1) is 0 Å². The van der Waals surface area contributed by atoms with E-state index in [-0.39, 0.29) is 0 Å². The van der Waals surface area contributed by atoms with Crippen molar-refractivity contribution in [2.45, 2.75) is 46.5 Å². The number of hydrogen-bond acceptors (Lipinski definition) is 1. The molecule has 1 heteroatoms. The van der Waals surface area contributed by atoms with Gasteiger partial charge in [-0.3, -0.25) is 4.79 Å². The summed E-state index contributed by atoms with van der Waals surface area (Å²) in [4.78, 5) is 11.5. The van der Waals surface area contributed by atoms with E-state index in [2.05, 4.69) is 20.8 Å². The zero-order chi connectivity index (χ0) is 9.14. The average molecular weight is 166 g/mol. The van der Waals surface area contributed by atoms with Gasteiger partial charge in [-0.15, -0.1) is 0 Å². The molecule has 0 aromatic heterocycles. The molecule has 0 saturated carbocycles. The van der Waals surface area contributed by atoms with Crippen LogP contribution in [-0.4, -0.2) is 5.78 Å². The maximum absolute atomic E-state index is 11.5. The summed E-state index contributed by atoms with van der Waals surface area (Å²) >= 11 is 0. The summed E-state index contributed by atoms with van der Waals surface area (Å²) in [6.45, 7) is 6.39. The number of rotatable bonds is 2. The van der Waals surface area contributed by atoms with Crippen LogP contribution in [0.25, 0.3) is 0 Å². The summed E-state index contributed by atoms with van der Waals surface area (Å²) < 4.78 is 0. The fraction of sp³-hybridized carbons (Fsp3) is 0.727. The van der Waals surface area contributed by atoms with Crippen molar-refractivity contribution in [1.82, 2.24) is 0 Å². The Balaban J connectivity index is 2.95. The van der Waals surface area contributed by atoms with Crippen LogP contribution in [0.15, 0.2) is 11.1 Å². The van der Waals surface area contributed by atoms with Crippen LogP contribution in [0, 0.1) is 5.92 Å². The number of carbonyl (C=O) groups is 1. The highest BCUT2D eigenvalue weighted by Crippen LogP contribution is 2.28. The Morgan fingerprint density at radius 3 is 2.42 bits per heavy atom. The largest absolute Gasteiger partial charge is 0.295 e. The standard InChI is InChI=1S/C11H18O/c1-4-9-6-5-7-10(12)11(9)8(2)3/h8H,4-7H2,1-3H3. The van der Waals surface area contributed by atoms with Crippen molar-refractivity contribution in [2.24, 2.45) is 5.92 Å². The highest BCUT2D eigenvalue weighted by Gasteiger charge is 2.21. The maximum Gasteiger partial charge on any atom is 0.159 e. The second kappa shape index (κ2) is 3.88. The molecular weight excluding hydrogens is 148 g/mol. The molecule has 0 spiro atoms. The Bertz CT molecular complexity index is 211. The summed E-state index contributed by atoms with van der Waals surface area (Å²) in [7, 11) is 0. The van der Waals surface area contributed by atoms with Gasteiger partial charge >= 0.3 is 0 Å². The molecule has 0 atom stereocenters. The Labute approximate surface area is 74.9 Å². The predicted molar refractivity (Wildman–Crippen MR) is 51.0 cm³/mol. The van der Waals surface area contributed by atoms with Crippen molar-refractivity contribution in [1.29, 1.82) is 0 Å². The molecule has 12 heavy (non-hydrogen) atoms. The van der Waals surface area contributed by atoms with Gasteiger partial charge in [0.25, 0.3) is 0 Å². The summed E-state index contributed by atoms with van der Waals surface area (Å²) in [6, 6.07) is 0. The number of carbonyl (C=O) groups excluding carboxylic acids is 1. The van der Waals surface area contributed by atoms with Gasteiger partial charge in [-0.2, -0.15) is 0 Å². The summed E-state index contributed by atoms with van der Waals surface area (Å²) in [5, 5.41) is 0. The lowest BCUT2D eigenvalue weighted by Crippen LogP contribution is -2.15. The van der Waals surface area contributed by atoms with E-state index in [4.69, 9.17) is 0 Å². The van der Waals surface area contributed by atoms with Gasteiger partial charge in [0.1, 0.15) is 0 Å². The van der Waals surface area contributed by atoms with E-state index >= 15 is 0 Å². The molecule has 1 aliphatic carbocycles. The first-order valence-electron chi connectivity index (χ1n) is 4.92. The van der Waals surface area contributed by atoms with E-state index in [1.807, 2.05) is 0 Å². The topological polar surface area (TPSA) is 17.1 Å². The molecule has 0 aliphatic heterocycles. The molecule has 0 amide bonds. The second-order valence-electron chi connectivity index (χ2n) is 3.80. The zero-order valence-corrected chi connectivity index (χ0v) is 8.31. The van der Waals surface area contributed by atoms with E-state index in [9.17, 15) is 4.79 Å². The van der Waals surface area contributed by atoms with Crippen LogP contribution in [0.5, 0.6) is 0 Å². The van der Waals surface area contributed by atoms with Crippen molar-refractivity contribution < 1.29 is 4.79 Å². The first-order valence-corrected chi connectivity index (χ1v) is 4.92. The fourth-order valence-electron chi connectivity index (χ4n) is 2.03. The summed E-state index contributed by atoms with van der Waals surface area (Å²) in [6.07, 6.45) is 4.05. The smallest absolute Gasteiger partial charge is 0.159 e. The normalized spacial score (nSPS) is 19.2. The molecule has 0 unspecified atom stereocenters. The number of Topliss-reactive ketones (excluding diaryl/α,β-unsaturated/α-hetero) is 1. The maximum atomic E-state index is 11.5. The molecule has 0 radical (unpaired) electrons.